The second kappa shape index (κ2) is 5.91. The van der Waals surface area contributed by atoms with Crippen molar-refractivity contribution in [2.45, 2.75) is 20.8 Å². The van der Waals surface area contributed by atoms with Gasteiger partial charge in [0.2, 0.25) is 0 Å². The number of H-pyrrole nitrogens is 1. The van der Waals surface area contributed by atoms with E-state index in [1.165, 1.54) is 0 Å². The zero-order valence-corrected chi connectivity index (χ0v) is 16.0. The van der Waals surface area contributed by atoms with Crippen LogP contribution in [0, 0.1) is 13.8 Å². The van der Waals surface area contributed by atoms with Gasteiger partial charge in [0.15, 0.2) is 23.3 Å². The molecule has 0 fully saturated rings. The second-order valence-corrected chi connectivity index (χ2v) is 6.91. The topological polar surface area (TPSA) is 98.1 Å². The summed E-state index contributed by atoms with van der Waals surface area (Å²) in [6.07, 6.45) is 5.63. The molecule has 0 aromatic carbocycles. The molecule has 5 rings (SSSR count). The molecule has 0 unspecified atom stereocenters. The molecule has 0 spiro atoms. The Balaban J connectivity index is 1.94. The van der Waals surface area contributed by atoms with E-state index in [-0.39, 0.29) is 0 Å². The number of nitrogens with zero attached hydrogens (tertiary/aromatic N) is 7. The molecule has 0 atom stereocenters. The number of aromatic nitrogens is 8. The third-order valence-electron chi connectivity index (χ3n) is 4.96. The van der Waals surface area contributed by atoms with Crippen LogP contribution < -0.4 is 0 Å². The van der Waals surface area contributed by atoms with Gasteiger partial charge in [-0.2, -0.15) is 0 Å². The molecule has 3 aromatic rings. The number of fused-ring (bicyclic) bond motifs is 8. The van der Waals surface area contributed by atoms with Crippen molar-refractivity contribution in [3.05, 3.63) is 46.6 Å². The van der Waals surface area contributed by atoms with Crippen LogP contribution in [-0.2, 0) is 7.05 Å². The van der Waals surface area contributed by atoms with E-state index in [9.17, 15) is 0 Å². The van der Waals surface area contributed by atoms with Crippen LogP contribution in [0.5, 0.6) is 0 Å². The lowest BCUT2D eigenvalue weighted by Crippen LogP contribution is -1.94. The Bertz CT molecular complexity index is 1350. The summed E-state index contributed by atoms with van der Waals surface area (Å²) < 4.78 is 1.98. The first-order chi connectivity index (χ1) is 13.5. The monoisotopic (exact) mass is 370 g/mol. The quantitative estimate of drug-likeness (QED) is 0.510. The number of rotatable bonds is 0. The molecule has 0 saturated carbocycles. The first-order valence-electron chi connectivity index (χ1n) is 8.98. The Hall–Kier alpha value is -3.68. The zero-order chi connectivity index (χ0) is 19.4. The highest BCUT2D eigenvalue weighted by atomic mass is 15.1. The zero-order valence-electron chi connectivity index (χ0n) is 16.0. The van der Waals surface area contributed by atoms with E-state index in [0.717, 1.165) is 28.0 Å². The summed E-state index contributed by atoms with van der Waals surface area (Å²) in [5.74, 6) is 2.48. The standard InChI is InChI=1S/C20H18N8/c1-10-9-17-24-15-6-5-13(22-15)21-14-7-8-16(23-14)26-19-11(2)12(3)20(28(19)4)27-18(10)25-17/h5-9H,1-4H3,(H,21,22,23,24,25,26,27). The number of hydrogen-bond donors (Lipinski definition) is 1. The summed E-state index contributed by atoms with van der Waals surface area (Å²) in [5.41, 5.74) is 6.11. The van der Waals surface area contributed by atoms with Crippen LogP contribution in [0.1, 0.15) is 41.3 Å². The number of aromatic amines is 1. The third-order valence-corrected chi connectivity index (χ3v) is 4.96. The van der Waals surface area contributed by atoms with Gasteiger partial charge in [-0.1, -0.05) is 0 Å². The Morgan fingerprint density at radius 2 is 1.32 bits per heavy atom. The summed E-state index contributed by atoms with van der Waals surface area (Å²) in [6, 6.07) is 3.72. The highest BCUT2D eigenvalue weighted by Gasteiger charge is 2.13. The number of hydrogen-bond acceptors (Lipinski definition) is 6. The van der Waals surface area contributed by atoms with Crippen molar-refractivity contribution in [1.29, 1.82) is 0 Å². The van der Waals surface area contributed by atoms with E-state index in [1.807, 2.05) is 62.7 Å². The normalized spacial score (nSPS) is 13.1. The molecule has 138 valence electrons. The average Bonchev–Trinajstić information content (AvgIpc) is 3.40. The molecule has 0 saturated heterocycles. The van der Waals surface area contributed by atoms with Crippen molar-refractivity contribution in [3.63, 3.8) is 0 Å². The molecule has 0 radical (unpaired) electrons. The minimum absolute atomic E-state index is 0.595. The SMILES string of the molecule is CC1=Cc2nc1nc1c(C)c(C)c(nc3nc(nc4ccc(n2)[nH]4)C=C3)n1C. The Kier molecular flexibility index (Phi) is 3.48. The van der Waals surface area contributed by atoms with Crippen molar-refractivity contribution in [3.8, 4) is 0 Å². The van der Waals surface area contributed by atoms with E-state index in [0.29, 0.717) is 34.6 Å². The van der Waals surface area contributed by atoms with Crippen LogP contribution in [0.3, 0.4) is 0 Å². The van der Waals surface area contributed by atoms with Crippen molar-refractivity contribution in [2.75, 3.05) is 0 Å². The first-order valence-corrected chi connectivity index (χ1v) is 8.98. The predicted octanol–water partition coefficient (Wildman–Crippen LogP) is 3.25. The molecular weight excluding hydrogens is 352 g/mol. The maximum Gasteiger partial charge on any atom is 0.159 e. The lowest BCUT2D eigenvalue weighted by Gasteiger charge is -1.96. The minimum Gasteiger partial charge on any atom is -0.325 e. The van der Waals surface area contributed by atoms with Crippen LogP contribution in [0.2, 0.25) is 0 Å². The lowest BCUT2D eigenvalue weighted by molar-refractivity contribution is 0.947. The van der Waals surface area contributed by atoms with Crippen LogP contribution in [0.15, 0.2) is 12.1 Å². The number of nitrogens with one attached hydrogen (secondary N) is 1. The third kappa shape index (κ3) is 2.61. The van der Waals surface area contributed by atoms with Crippen LogP contribution in [-0.4, -0.2) is 39.5 Å². The highest BCUT2D eigenvalue weighted by molar-refractivity contribution is 5.80. The molecule has 3 aromatic heterocycles. The van der Waals surface area contributed by atoms with Gasteiger partial charge < -0.3 is 9.55 Å². The summed E-state index contributed by atoms with van der Waals surface area (Å²) in [4.78, 5) is 30.9. The fourth-order valence-electron chi connectivity index (χ4n) is 3.34. The van der Waals surface area contributed by atoms with Gasteiger partial charge >= 0.3 is 0 Å². The fourth-order valence-corrected chi connectivity index (χ4v) is 3.34. The Morgan fingerprint density at radius 3 is 2.04 bits per heavy atom. The second-order valence-electron chi connectivity index (χ2n) is 6.91. The van der Waals surface area contributed by atoms with Crippen LogP contribution in [0.4, 0.5) is 0 Å². The maximum atomic E-state index is 4.81. The largest absolute Gasteiger partial charge is 0.325 e. The minimum atomic E-state index is 0.595. The van der Waals surface area contributed by atoms with Gasteiger partial charge in [0.1, 0.15) is 22.6 Å². The van der Waals surface area contributed by atoms with Crippen LogP contribution >= 0.6 is 0 Å². The van der Waals surface area contributed by atoms with Gasteiger partial charge in [0.25, 0.3) is 0 Å². The molecule has 2 aliphatic heterocycles. The summed E-state index contributed by atoms with van der Waals surface area (Å²) >= 11 is 0. The molecule has 0 aliphatic carbocycles. The van der Waals surface area contributed by atoms with Crippen molar-refractivity contribution in [1.82, 2.24) is 39.5 Å². The molecular formula is C20H18N8. The van der Waals surface area contributed by atoms with E-state index in [4.69, 9.17) is 9.97 Å². The van der Waals surface area contributed by atoms with Crippen molar-refractivity contribution >= 4 is 46.4 Å². The molecule has 1 N–H and O–H groups in total. The number of allylic oxidation sites excluding steroid dienone is 1. The van der Waals surface area contributed by atoms with Gasteiger partial charge in [-0.25, -0.2) is 29.9 Å². The lowest BCUT2D eigenvalue weighted by atomic mass is 10.2. The molecule has 28 heavy (non-hydrogen) atoms. The molecule has 8 nitrogen and oxygen atoms in total. The van der Waals surface area contributed by atoms with Gasteiger partial charge in [-0.15, -0.1) is 0 Å². The fraction of sp³-hybridized carbons (Fsp3) is 0.200. The van der Waals surface area contributed by atoms with Gasteiger partial charge in [-0.3, -0.25) is 0 Å². The summed E-state index contributed by atoms with van der Waals surface area (Å²) in [6.45, 7) is 6.08. The summed E-state index contributed by atoms with van der Waals surface area (Å²) in [5, 5.41) is 0. The van der Waals surface area contributed by atoms with Gasteiger partial charge in [-0.05, 0) is 67.8 Å². The molecule has 5 heterocycles. The molecule has 8 heteroatoms. The average molecular weight is 370 g/mol. The van der Waals surface area contributed by atoms with Crippen molar-refractivity contribution < 1.29 is 0 Å². The maximum absolute atomic E-state index is 4.81. The highest BCUT2D eigenvalue weighted by Crippen LogP contribution is 2.22. The summed E-state index contributed by atoms with van der Waals surface area (Å²) in [7, 11) is 1.96. The van der Waals surface area contributed by atoms with E-state index in [2.05, 4.69) is 24.9 Å². The van der Waals surface area contributed by atoms with Crippen LogP contribution in [0.25, 0.3) is 46.4 Å². The van der Waals surface area contributed by atoms with Crippen molar-refractivity contribution in [2.24, 2.45) is 7.05 Å². The van der Waals surface area contributed by atoms with E-state index < -0.39 is 0 Å². The van der Waals surface area contributed by atoms with E-state index in [1.54, 1.807) is 0 Å². The molecule has 2 aliphatic rings. The Morgan fingerprint density at radius 1 is 0.714 bits per heavy atom. The Labute approximate surface area is 160 Å². The molecule has 0 amide bonds. The van der Waals surface area contributed by atoms with Gasteiger partial charge in [0, 0.05) is 7.05 Å². The first kappa shape index (κ1) is 16.5. The van der Waals surface area contributed by atoms with Gasteiger partial charge in [0.05, 0.1) is 0 Å². The predicted molar refractivity (Wildman–Crippen MR) is 109 cm³/mol. The smallest absolute Gasteiger partial charge is 0.159 e. The number of aryl methyl sites for hydroxylation is 3. The molecule has 8 bridgehead atoms. The van der Waals surface area contributed by atoms with E-state index >= 15 is 0 Å².